The van der Waals surface area contributed by atoms with Crippen LogP contribution in [-0.2, 0) is 6.18 Å². The van der Waals surface area contributed by atoms with Gasteiger partial charge in [0.2, 0.25) is 0 Å². The molecule has 0 atom stereocenters. The van der Waals surface area contributed by atoms with Crippen molar-refractivity contribution >= 4 is 6.08 Å². The lowest BCUT2D eigenvalue weighted by atomic mass is 10.1. The highest BCUT2D eigenvalue weighted by molar-refractivity contribution is 5.54. The highest BCUT2D eigenvalue weighted by Gasteiger charge is 2.31. The van der Waals surface area contributed by atoms with Crippen molar-refractivity contribution in [2.24, 2.45) is 0 Å². The first-order valence-corrected chi connectivity index (χ1v) is 5.02. The number of halogens is 4. The number of benzene rings is 1. The van der Waals surface area contributed by atoms with Crippen LogP contribution in [0.3, 0.4) is 0 Å². The standard InChI is InChI=1S/C12H13F4N/c1-8(7-17-2)3-9-4-10(12(14,15)16)6-11(13)5-9/h3-6,17H,7H2,1-2H3/b8-3+. The monoisotopic (exact) mass is 247 g/mol. The SMILES string of the molecule is CNC/C(C)=C/c1cc(F)cc(C(F)(F)F)c1. The second-order valence-electron chi connectivity index (χ2n) is 3.79. The molecule has 0 aliphatic rings. The molecule has 5 heteroatoms. The van der Waals surface area contributed by atoms with Crippen molar-refractivity contribution in [3.8, 4) is 0 Å². The summed E-state index contributed by atoms with van der Waals surface area (Å²) in [4.78, 5) is 0. The third-order valence-corrected chi connectivity index (χ3v) is 2.12. The summed E-state index contributed by atoms with van der Waals surface area (Å²) in [5.74, 6) is -0.886. The first-order chi connectivity index (χ1) is 7.82. The Kier molecular flexibility index (Phi) is 4.28. The predicted octanol–water partition coefficient (Wildman–Crippen LogP) is 3.47. The molecule has 0 spiro atoms. The number of hydrogen-bond acceptors (Lipinski definition) is 1. The first kappa shape index (κ1) is 13.7. The number of hydrogen-bond donors (Lipinski definition) is 1. The van der Waals surface area contributed by atoms with Gasteiger partial charge in [0.05, 0.1) is 5.56 Å². The molecule has 0 amide bonds. The van der Waals surface area contributed by atoms with Crippen LogP contribution in [0.4, 0.5) is 17.6 Å². The highest BCUT2D eigenvalue weighted by atomic mass is 19.4. The van der Waals surface area contributed by atoms with Gasteiger partial charge in [0.1, 0.15) is 5.82 Å². The first-order valence-electron chi connectivity index (χ1n) is 5.02. The van der Waals surface area contributed by atoms with Gasteiger partial charge in [-0.2, -0.15) is 13.2 Å². The smallest absolute Gasteiger partial charge is 0.316 e. The molecule has 94 valence electrons. The van der Waals surface area contributed by atoms with E-state index in [0.29, 0.717) is 12.6 Å². The van der Waals surface area contributed by atoms with Crippen molar-refractivity contribution in [1.29, 1.82) is 0 Å². The normalized spacial score (nSPS) is 12.9. The third kappa shape index (κ3) is 4.19. The van der Waals surface area contributed by atoms with Gasteiger partial charge in [0, 0.05) is 6.54 Å². The van der Waals surface area contributed by atoms with Gasteiger partial charge in [-0.1, -0.05) is 11.6 Å². The molecule has 1 N–H and O–H groups in total. The lowest BCUT2D eigenvalue weighted by Crippen LogP contribution is -2.08. The highest BCUT2D eigenvalue weighted by Crippen LogP contribution is 2.30. The molecule has 0 aliphatic carbocycles. The van der Waals surface area contributed by atoms with Crippen LogP contribution in [0.15, 0.2) is 23.8 Å². The van der Waals surface area contributed by atoms with Crippen molar-refractivity contribution in [3.63, 3.8) is 0 Å². The van der Waals surface area contributed by atoms with E-state index in [1.54, 1.807) is 14.0 Å². The number of likely N-dealkylation sites (N-methyl/N-ethyl adjacent to an activating group) is 1. The van der Waals surface area contributed by atoms with Gasteiger partial charge in [-0.3, -0.25) is 0 Å². The van der Waals surface area contributed by atoms with E-state index in [-0.39, 0.29) is 5.56 Å². The van der Waals surface area contributed by atoms with Crippen LogP contribution in [0.2, 0.25) is 0 Å². The van der Waals surface area contributed by atoms with Gasteiger partial charge in [-0.25, -0.2) is 4.39 Å². The van der Waals surface area contributed by atoms with Crippen molar-refractivity contribution in [3.05, 3.63) is 40.7 Å². The molecule has 0 radical (unpaired) electrons. The molecule has 1 aromatic carbocycles. The summed E-state index contributed by atoms with van der Waals surface area (Å²) >= 11 is 0. The van der Waals surface area contributed by atoms with Crippen LogP contribution in [0.25, 0.3) is 6.08 Å². The van der Waals surface area contributed by atoms with E-state index >= 15 is 0 Å². The maximum absolute atomic E-state index is 13.0. The Hall–Kier alpha value is -1.36. The Morgan fingerprint density at radius 2 is 1.94 bits per heavy atom. The Morgan fingerprint density at radius 1 is 1.29 bits per heavy atom. The average Bonchev–Trinajstić information content (AvgIpc) is 2.15. The van der Waals surface area contributed by atoms with E-state index in [2.05, 4.69) is 5.32 Å². The van der Waals surface area contributed by atoms with Crippen molar-refractivity contribution in [2.45, 2.75) is 13.1 Å². The van der Waals surface area contributed by atoms with E-state index in [1.807, 2.05) is 0 Å². The molecule has 1 rings (SSSR count). The fourth-order valence-corrected chi connectivity index (χ4v) is 1.47. The predicted molar refractivity (Wildman–Crippen MR) is 59.0 cm³/mol. The zero-order chi connectivity index (χ0) is 13.1. The fraction of sp³-hybridized carbons (Fsp3) is 0.333. The molecule has 1 aromatic rings. The van der Waals surface area contributed by atoms with Crippen molar-refractivity contribution < 1.29 is 17.6 Å². The summed E-state index contributed by atoms with van der Waals surface area (Å²) in [5.41, 5.74) is 0.0670. The van der Waals surface area contributed by atoms with E-state index in [9.17, 15) is 17.6 Å². The molecule has 0 bridgehead atoms. The molecule has 0 aromatic heterocycles. The van der Waals surface area contributed by atoms with Crippen molar-refractivity contribution in [1.82, 2.24) is 5.32 Å². The topological polar surface area (TPSA) is 12.0 Å². The molecular weight excluding hydrogens is 234 g/mol. The Labute approximate surface area is 97.1 Å². The van der Waals surface area contributed by atoms with E-state index in [1.165, 1.54) is 6.08 Å². The molecule has 17 heavy (non-hydrogen) atoms. The maximum atomic E-state index is 13.0. The molecule has 0 fully saturated rings. The lowest BCUT2D eigenvalue weighted by Gasteiger charge is -2.08. The summed E-state index contributed by atoms with van der Waals surface area (Å²) < 4.78 is 50.4. The average molecular weight is 247 g/mol. The second-order valence-corrected chi connectivity index (χ2v) is 3.79. The van der Waals surface area contributed by atoms with E-state index in [0.717, 1.165) is 17.7 Å². The zero-order valence-electron chi connectivity index (χ0n) is 9.53. The third-order valence-electron chi connectivity index (χ3n) is 2.12. The number of nitrogens with one attached hydrogen (secondary N) is 1. The molecular formula is C12H13F4N. The van der Waals surface area contributed by atoms with E-state index < -0.39 is 17.6 Å². The molecule has 0 aliphatic heterocycles. The Bertz CT molecular complexity index is 421. The van der Waals surface area contributed by atoms with Gasteiger partial charge in [0.15, 0.2) is 0 Å². The summed E-state index contributed by atoms with van der Waals surface area (Å²) in [5, 5.41) is 2.86. The van der Waals surface area contributed by atoms with Gasteiger partial charge in [-0.05, 0) is 37.7 Å². The second kappa shape index (κ2) is 5.31. The van der Waals surface area contributed by atoms with Gasteiger partial charge >= 0.3 is 6.18 Å². The summed E-state index contributed by atoms with van der Waals surface area (Å²) in [6.07, 6.45) is -3.00. The summed E-state index contributed by atoms with van der Waals surface area (Å²) in [6, 6.07) is 2.50. The van der Waals surface area contributed by atoms with Gasteiger partial charge < -0.3 is 5.32 Å². The van der Waals surface area contributed by atoms with Crippen LogP contribution >= 0.6 is 0 Å². The van der Waals surface area contributed by atoms with Crippen LogP contribution < -0.4 is 5.32 Å². The summed E-state index contributed by atoms with van der Waals surface area (Å²) in [6.45, 7) is 2.30. The lowest BCUT2D eigenvalue weighted by molar-refractivity contribution is -0.137. The minimum Gasteiger partial charge on any atom is -0.316 e. The van der Waals surface area contributed by atoms with Crippen LogP contribution in [0.1, 0.15) is 18.1 Å². The summed E-state index contributed by atoms with van der Waals surface area (Å²) in [7, 11) is 1.73. The molecule has 0 saturated carbocycles. The van der Waals surface area contributed by atoms with Gasteiger partial charge in [0.25, 0.3) is 0 Å². The van der Waals surface area contributed by atoms with E-state index in [4.69, 9.17) is 0 Å². The molecule has 0 unspecified atom stereocenters. The molecule has 0 heterocycles. The van der Waals surface area contributed by atoms with Crippen molar-refractivity contribution in [2.75, 3.05) is 13.6 Å². The molecule has 0 saturated heterocycles. The van der Waals surface area contributed by atoms with Gasteiger partial charge in [-0.15, -0.1) is 0 Å². The van der Waals surface area contributed by atoms with Crippen LogP contribution in [0, 0.1) is 5.82 Å². The quantitative estimate of drug-likeness (QED) is 0.806. The minimum absolute atomic E-state index is 0.213. The Balaban J connectivity index is 3.10. The minimum atomic E-state index is -4.53. The number of alkyl halides is 3. The Morgan fingerprint density at radius 3 is 2.47 bits per heavy atom. The largest absolute Gasteiger partial charge is 0.416 e. The zero-order valence-corrected chi connectivity index (χ0v) is 9.53. The van der Waals surface area contributed by atoms with Crippen LogP contribution in [-0.4, -0.2) is 13.6 Å². The fourth-order valence-electron chi connectivity index (χ4n) is 1.47. The molecule has 1 nitrogen and oxygen atoms in total. The number of rotatable bonds is 3. The van der Waals surface area contributed by atoms with Crippen LogP contribution in [0.5, 0.6) is 0 Å². The maximum Gasteiger partial charge on any atom is 0.416 e.